The van der Waals surface area contributed by atoms with Gasteiger partial charge in [-0.2, -0.15) is 13.7 Å². The summed E-state index contributed by atoms with van der Waals surface area (Å²) < 4.78 is 31.8. The number of sulfonamides is 1. The maximum atomic E-state index is 12.3. The van der Waals surface area contributed by atoms with Gasteiger partial charge in [0.2, 0.25) is 0 Å². The third-order valence-corrected chi connectivity index (χ3v) is 6.04. The Hall–Kier alpha value is -2.93. The summed E-state index contributed by atoms with van der Waals surface area (Å²) in [5.41, 5.74) is 1.11. The fraction of sp³-hybridized carbons (Fsp3) is 0.0556. The van der Waals surface area contributed by atoms with Gasteiger partial charge >= 0.3 is 0 Å². The molecule has 0 radical (unpaired) electrons. The molecular weight excluding hydrogens is 422 g/mol. The molecule has 1 amide bonds. The molecule has 1 aromatic heterocycles. The molecule has 3 rings (SSSR count). The number of benzene rings is 2. The van der Waals surface area contributed by atoms with Gasteiger partial charge in [-0.3, -0.25) is 4.79 Å². The monoisotopic (exact) mass is 433 g/mol. The van der Waals surface area contributed by atoms with Gasteiger partial charge < -0.3 is 4.74 Å². The third-order valence-electron chi connectivity index (χ3n) is 3.45. The molecule has 0 saturated heterocycles. The first-order valence-electron chi connectivity index (χ1n) is 7.78. The van der Waals surface area contributed by atoms with Gasteiger partial charge in [-0.1, -0.05) is 41.9 Å². The van der Waals surface area contributed by atoms with Gasteiger partial charge in [-0.25, -0.2) is 9.71 Å². The predicted octanol–water partition coefficient (Wildman–Crippen LogP) is 3.22. The van der Waals surface area contributed by atoms with Crippen LogP contribution in [0.3, 0.4) is 0 Å². The molecule has 7 nitrogen and oxygen atoms in total. The maximum absolute atomic E-state index is 12.3. The second-order valence-electron chi connectivity index (χ2n) is 5.43. The molecule has 10 heteroatoms. The maximum Gasteiger partial charge on any atom is 0.282 e. The number of nitrogens with one attached hydrogen (secondary N) is 1. The van der Waals surface area contributed by atoms with Crippen molar-refractivity contribution in [1.29, 1.82) is 5.26 Å². The predicted molar refractivity (Wildman–Crippen MR) is 105 cm³/mol. The molecule has 0 fully saturated rings. The number of rotatable bonds is 6. The van der Waals surface area contributed by atoms with Gasteiger partial charge in [0.1, 0.15) is 10.8 Å². The largest absolute Gasteiger partial charge is 0.482 e. The zero-order chi connectivity index (χ0) is 20.1. The summed E-state index contributed by atoms with van der Waals surface area (Å²) in [5, 5.41) is 10.6. The van der Waals surface area contributed by atoms with E-state index in [1.807, 2.05) is 41.1 Å². The van der Waals surface area contributed by atoms with Crippen LogP contribution in [-0.4, -0.2) is 25.9 Å². The first-order chi connectivity index (χ1) is 13.4. The van der Waals surface area contributed by atoms with Crippen LogP contribution in [0.25, 0.3) is 10.6 Å². The first-order valence-corrected chi connectivity index (χ1v) is 10.5. The molecule has 0 unspecified atom stereocenters. The molecule has 0 aliphatic heterocycles. The number of hydrogen-bond donors (Lipinski definition) is 1. The van der Waals surface area contributed by atoms with Gasteiger partial charge in [-0.05, 0) is 18.2 Å². The Balaban J connectivity index is 1.65. The van der Waals surface area contributed by atoms with Gasteiger partial charge in [0.15, 0.2) is 11.6 Å². The highest BCUT2D eigenvalue weighted by molar-refractivity contribution is 7.90. The lowest BCUT2D eigenvalue weighted by Crippen LogP contribution is -2.34. The fourth-order valence-corrected chi connectivity index (χ4v) is 4.47. The number of thiazole rings is 1. The van der Waals surface area contributed by atoms with Crippen molar-refractivity contribution in [2.45, 2.75) is 5.03 Å². The normalized spacial score (nSPS) is 10.9. The number of halogens is 1. The zero-order valence-electron chi connectivity index (χ0n) is 14.1. The highest BCUT2D eigenvalue weighted by atomic mass is 35.5. The minimum Gasteiger partial charge on any atom is -0.482 e. The number of hydrogen-bond acceptors (Lipinski definition) is 7. The van der Waals surface area contributed by atoms with E-state index in [9.17, 15) is 13.2 Å². The lowest BCUT2D eigenvalue weighted by molar-refractivity contribution is -0.121. The van der Waals surface area contributed by atoms with E-state index < -0.39 is 22.5 Å². The van der Waals surface area contributed by atoms with Crippen LogP contribution in [0.15, 0.2) is 58.9 Å². The molecule has 0 aliphatic carbocycles. The number of nitrogens with zero attached hydrogens (tertiary/aromatic N) is 2. The van der Waals surface area contributed by atoms with Crippen LogP contribution in [0.2, 0.25) is 5.02 Å². The standard InChI is InChI=1S/C18H12ClN3O4S2/c19-14-8-12(9-20)6-7-15(14)26-10-16(23)22-28(24,25)17-11-27-18(21-17)13-4-2-1-3-5-13/h1-8,11H,10H2,(H,22,23). The van der Waals surface area contributed by atoms with E-state index in [4.69, 9.17) is 21.6 Å². The summed E-state index contributed by atoms with van der Waals surface area (Å²) >= 11 is 7.10. The molecular formula is C18H12ClN3O4S2. The van der Waals surface area contributed by atoms with Crippen LogP contribution in [-0.2, 0) is 14.8 Å². The van der Waals surface area contributed by atoms with E-state index in [1.165, 1.54) is 23.6 Å². The Labute approximate surface area is 170 Å². The highest BCUT2D eigenvalue weighted by Gasteiger charge is 2.22. The summed E-state index contributed by atoms with van der Waals surface area (Å²) in [5.74, 6) is -0.720. The topological polar surface area (TPSA) is 109 Å². The van der Waals surface area contributed by atoms with Crippen LogP contribution in [0.1, 0.15) is 5.56 Å². The average molecular weight is 434 g/mol. The molecule has 3 aromatic rings. The Bertz CT molecular complexity index is 1160. The first kappa shape index (κ1) is 19.8. The number of amides is 1. The molecule has 142 valence electrons. The van der Waals surface area contributed by atoms with Crippen molar-refractivity contribution < 1.29 is 17.9 Å². The Morgan fingerprint density at radius 2 is 2.00 bits per heavy atom. The lowest BCUT2D eigenvalue weighted by atomic mass is 10.2. The van der Waals surface area contributed by atoms with E-state index in [0.29, 0.717) is 10.6 Å². The Kier molecular flexibility index (Phi) is 5.94. The minimum atomic E-state index is -4.13. The summed E-state index contributed by atoms with van der Waals surface area (Å²) in [6.45, 7) is -0.569. The number of ether oxygens (including phenoxy) is 1. The summed E-state index contributed by atoms with van der Waals surface area (Å²) in [7, 11) is -4.13. The molecule has 1 heterocycles. The summed E-state index contributed by atoms with van der Waals surface area (Å²) in [6.07, 6.45) is 0. The van der Waals surface area contributed by atoms with Crippen LogP contribution in [0.4, 0.5) is 0 Å². The van der Waals surface area contributed by atoms with Crippen LogP contribution < -0.4 is 9.46 Å². The van der Waals surface area contributed by atoms with E-state index in [0.717, 1.165) is 16.9 Å². The van der Waals surface area contributed by atoms with Crippen molar-refractivity contribution in [1.82, 2.24) is 9.71 Å². The molecule has 0 aliphatic rings. The quantitative estimate of drug-likeness (QED) is 0.639. The number of aromatic nitrogens is 1. The number of nitriles is 1. The lowest BCUT2D eigenvalue weighted by Gasteiger charge is -2.08. The van der Waals surface area contributed by atoms with Crippen molar-refractivity contribution in [2.75, 3.05) is 6.61 Å². The molecule has 2 aromatic carbocycles. The van der Waals surface area contributed by atoms with E-state index in [1.54, 1.807) is 0 Å². The van der Waals surface area contributed by atoms with E-state index >= 15 is 0 Å². The second-order valence-corrected chi connectivity index (χ2v) is 8.33. The van der Waals surface area contributed by atoms with Crippen LogP contribution >= 0.6 is 22.9 Å². The number of carbonyl (C=O) groups excluding carboxylic acids is 1. The zero-order valence-corrected chi connectivity index (χ0v) is 16.5. The molecule has 0 saturated carbocycles. The SMILES string of the molecule is N#Cc1ccc(OCC(=O)NS(=O)(=O)c2csc(-c3ccccc3)n2)c(Cl)c1. The van der Waals surface area contributed by atoms with Crippen molar-refractivity contribution in [3.8, 4) is 22.4 Å². The molecule has 0 bridgehead atoms. The van der Waals surface area contributed by atoms with Crippen molar-refractivity contribution in [3.05, 3.63) is 64.5 Å². The fourth-order valence-electron chi connectivity index (χ4n) is 2.16. The van der Waals surface area contributed by atoms with E-state index in [2.05, 4.69) is 4.98 Å². The molecule has 0 spiro atoms. The van der Waals surface area contributed by atoms with Gasteiger partial charge in [0.05, 0.1) is 16.7 Å². The molecule has 28 heavy (non-hydrogen) atoms. The molecule has 1 N–H and O–H groups in total. The van der Waals surface area contributed by atoms with Crippen molar-refractivity contribution in [3.63, 3.8) is 0 Å². The minimum absolute atomic E-state index is 0.140. The van der Waals surface area contributed by atoms with Gasteiger partial charge in [0.25, 0.3) is 15.9 Å². The second kappa shape index (κ2) is 8.39. The van der Waals surface area contributed by atoms with Gasteiger partial charge in [0, 0.05) is 10.9 Å². The smallest absolute Gasteiger partial charge is 0.282 e. The highest BCUT2D eigenvalue weighted by Crippen LogP contribution is 2.26. The van der Waals surface area contributed by atoms with Gasteiger partial charge in [-0.15, -0.1) is 11.3 Å². The van der Waals surface area contributed by atoms with Crippen LogP contribution in [0.5, 0.6) is 5.75 Å². The average Bonchev–Trinajstić information content (AvgIpc) is 3.18. The Morgan fingerprint density at radius 1 is 1.25 bits per heavy atom. The third kappa shape index (κ3) is 4.67. The van der Waals surface area contributed by atoms with E-state index in [-0.39, 0.29) is 15.8 Å². The van der Waals surface area contributed by atoms with Crippen molar-refractivity contribution in [2.24, 2.45) is 0 Å². The summed E-state index contributed by atoms with van der Waals surface area (Å²) in [6, 6.07) is 15.3. The Morgan fingerprint density at radius 3 is 2.68 bits per heavy atom. The van der Waals surface area contributed by atoms with Crippen molar-refractivity contribution >= 4 is 38.9 Å². The molecule has 0 atom stereocenters. The van der Waals surface area contributed by atoms with Crippen LogP contribution in [0, 0.1) is 11.3 Å². The number of carbonyl (C=O) groups is 1. The summed E-state index contributed by atoms with van der Waals surface area (Å²) in [4.78, 5) is 16.1.